The maximum atomic E-state index is 11.9. The Morgan fingerprint density at radius 1 is 1.61 bits per heavy atom. The van der Waals surface area contributed by atoms with Gasteiger partial charge in [-0.15, -0.1) is 0 Å². The molecule has 1 unspecified atom stereocenters. The number of nitrogen functional groups attached to an aromatic ring is 1. The quantitative estimate of drug-likeness (QED) is 0.753. The molecule has 1 amide bonds. The second kappa shape index (κ2) is 5.74. The highest BCUT2D eigenvalue weighted by molar-refractivity contribution is 5.94. The van der Waals surface area contributed by atoms with Crippen LogP contribution in [-0.2, 0) is 9.47 Å². The molecule has 1 aliphatic rings. The number of carbonyl (C=O) groups is 1. The molecule has 0 aromatic carbocycles. The molecule has 0 bridgehead atoms. The van der Waals surface area contributed by atoms with E-state index in [1.807, 2.05) is 0 Å². The Bertz CT molecular complexity index is 432. The zero-order valence-corrected chi connectivity index (χ0v) is 10.2. The highest BCUT2D eigenvalue weighted by Crippen LogP contribution is 2.05. The predicted octanol–water partition coefficient (Wildman–Crippen LogP) is -0.488. The molecule has 1 aromatic rings. The first-order valence-corrected chi connectivity index (χ1v) is 5.73. The van der Waals surface area contributed by atoms with Crippen LogP contribution in [0.1, 0.15) is 16.1 Å². The maximum absolute atomic E-state index is 11.9. The summed E-state index contributed by atoms with van der Waals surface area (Å²) in [5, 5.41) is 2.76. The Labute approximate surface area is 105 Å². The van der Waals surface area contributed by atoms with Gasteiger partial charge >= 0.3 is 0 Å². The van der Waals surface area contributed by atoms with Gasteiger partial charge in [-0.3, -0.25) is 4.79 Å². The van der Waals surface area contributed by atoms with Crippen LogP contribution in [0.15, 0.2) is 6.20 Å². The van der Waals surface area contributed by atoms with E-state index < -0.39 is 0 Å². The fourth-order valence-corrected chi connectivity index (χ4v) is 1.66. The van der Waals surface area contributed by atoms with Crippen molar-refractivity contribution in [1.29, 1.82) is 0 Å². The van der Waals surface area contributed by atoms with Crippen LogP contribution in [0.3, 0.4) is 0 Å². The van der Waals surface area contributed by atoms with Crippen LogP contribution >= 0.6 is 0 Å². The van der Waals surface area contributed by atoms with Crippen molar-refractivity contribution in [2.24, 2.45) is 0 Å². The van der Waals surface area contributed by atoms with Crippen LogP contribution in [0.25, 0.3) is 0 Å². The molecule has 2 heterocycles. The molecular weight excluding hydrogens is 236 g/mol. The molecule has 1 aromatic heterocycles. The number of amides is 1. The van der Waals surface area contributed by atoms with Crippen molar-refractivity contribution in [2.75, 3.05) is 32.1 Å². The predicted molar refractivity (Wildman–Crippen MR) is 64.1 cm³/mol. The van der Waals surface area contributed by atoms with Crippen LogP contribution in [0.4, 0.5) is 5.95 Å². The summed E-state index contributed by atoms with van der Waals surface area (Å²) >= 11 is 0. The number of aromatic nitrogens is 2. The first-order valence-electron chi connectivity index (χ1n) is 5.73. The number of nitrogens with two attached hydrogens (primary N) is 1. The summed E-state index contributed by atoms with van der Waals surface area (Å²) in [6.45, 7) is 3.78. The zero-order valence-electron chi connectivity index (χ0n) is 10.2. The van der Waals surface area contributed by atoms with Crippen LogP contribution < -0.4 is 11.1 Å². The zero-order chi connectivity index (χ0) is 13.0. The highest BCUT2D eigenvalue weighted by atomic mass is 16.6. The van der Waals surface area contributed by atoms with Gasteiger partial charge in [-0.2, -0.15) is 0 Å². The number of carbonyl (C=O) groups excluding carboxylic acids is 1. The number of rotatable bonds is 3. The van der Waals surface area contributed by atoms with Gasteiger partial charge in [0, 0.05) is 12.7 Å². The number of aryl methyl sites for hydroxylation is 1. The van der Waals surface area contributed by atoms with Crippen LogP contribution in [0.5, 0.6) is 0 Å². The number of nitrogens with zero attached hydrogens (tertiary/aromatic N) is 2. The van der Waals surface area contributed by atoms with E-state index >= 15 is 0 Å². The average Bonchev–Trinajstić information content (AvgIpc) is 2.37. The normalized spacial score (nSPS) is 19.5. The topological polar surface area (TPSA) is 99.4 Å². The Balaban J connectivity index is 1.90. The van der Waals surface area contributed by atoms with Crippen molar-refractivity contribution in [3.63, 3.8) is 0 Å². The van der Waals surface area contributed by atoms with Gasteiger partial charge in [0.15, 0.2) is 0 Å². The van der Waals surface area contributed by atoms with Gasteiger partial charge in [-0.25, -0.2) is 9.97 Å². The van der Waals surface area contributed by atoms with Crippen molar-refractivity contribution < 1.29 is 14.3 Å². The van der Waals surface area contributed by atoms with Crippen molar-refractivity contribution in [3.05, 3.63) is 17.5 Å². The third-order valence-corrected chi connectivity index (χ3v) is 2.62. The lowest BCUT2D eigenvalue weighted by molar-refractivity contribution is -0.0855. The third kappa shape index (κ3) is 3.14. The van der Waals surface area contributed by atoms with Crippen LogP contribution in [0, 0.1) is 6.92 Å². The van der Waals surface area contributed by atoms with E-state index in [0.717, 1.165) is 0 Å². The lowest BCUT2D eigenvalue weighted by atomic mass is 10.2. The minimum absolute atomic E-state index is 0.0993. The second-order valence-corrected chi connectivity index (χ2v) is 4.01. The van der Waals surface area contributed by atoms with Gasteiger partial charge in [0.05, 0.1) is 37.2 Å². The summed E-state index contributed by atoms with van der Waals surface area (Å²) in [6, 6.07) is 0. The smallest absolute Gasteiger partial charge is 0.254 e. The van der Waals surface area contributed by atoms with Crippen molar-refractivity contribution in [2.45, 2.75) is 13.0 Å². The fraction of sp³-hybridized carbons (Fsp3) is 0.545. The number of hydrogen-bond acceptors (Lipinski definition) is 6. The van der Waals surface area contributed by atoms with Crippen molar-refractivity contribution in [1.82, 2.24) is 15.3 Å². The summed E-state index contributed by atoms with van der Waals surface area (Å²) in [5.41, 5.74) is 6.40. The minimum atomic E-state index is -0.235. The molecule has 0 saturated carbocycles. The maximum Gasteiger partial charge on any atom is 0.254 e. The lowest BCUT2D eigenvalue weighted by Gasteiger charge is -2.23. The molecule has 2 rings (SSSR count). The van der Waals surface area contributed by atoms with E-state index in [0.29, 0.717) is 37.6 Å². The van der Waals surface area contributed by atoms with E-state index in [2.05, 4.69) is 15.3 Å². The second-order valence-electron chi connectivity index (χ2n) is 4.01. The first kappa shape index (κ1) is 12.7. The Morgan fingerprint density at radius 2 is 2.44 bits per heavy atom. The Kier molecular flexibility index (Phi) is 4.06. The number of anilines is 1. The largest absolute Gasteiger partial charge is 0.376 e. The SMILES string of the molecule is Cc1nc(N)ncc1C(=O)NCC1COCCO1. The van der Waals surface area contributed by atoms with Crippen molar-refractivity contribution in [3.8, 4) is 0 Å². The lowest BCUT2D eigenvalue weighted by Crippen LogP contribution is -2.40. The van der Waals surface area contributed by atoms with Gasteiger partial charge in [0.2, 0.25) is 5.95 Å². The number of ether oxygens (including phenoxy) is 2. The summed E-state index contributed by atoms with van der Waals surface area (Å²) in [4.78, 5) is 19.6. The summed E-state index contributed by atoms with van der Waals surface area (Å²) in [7, 11) is 0. The third-order valence-electron chi connectivity index (χ3n) is 2.62. The first-order chi connectivity index (χ1) is 8.66. The molecule has 0 spiro atoms. The van der Waals surface area contributed by atoms with Gasteiger partial charge in [-0.1, -0.05) is 0 Å². The summed E-state index contributed by atoms with van der Waals surface area (Å²) < 4.78 is 10.7. The van der Waals surface area contributed by atoms with Gasteiger partial charge in [0.25, 0.3) is 5.91 Å². The molecule has 98 valence electrons. The van der Waals surface area contributed by atoms with Gasteiger partial charge < -0.3 is 20.5 Å². The standard InChI is InChI=1S/C11H16N4O3/c1-7-9(5-14-11(12)15-7)10(16)13-4-8-6-17-2-3-18-8/h5,8H,2-4,6H2,1H3,(H,13,16)(H2,12,14,15). The van der Waals surface area contributed by atoms with Gasteiger partial charge in [-0.05, 0) is 6.92 Å². The summed E-state index contributed by atoms with van der Waals surface area (Å²) in [6.07, 6.45) is 1.32. The molecule has 7 heteroatoms. The number of hydrogen-bond donors (Lipinski definition) is 2. The molecule has 1 atom stereocenters. The molecule has 0 radical (unpaired) electrons. The average molecular weight is 252 g/mol. The van der Waals surface area contributed by atoms with Crippen LogP contribution in [0.2, 0.25) is 0 Å². The molecule has 1 fully saturated rings. The molecular formula is C11H16N4O3. The van der Waals surface area contributed by atoms with Crippen molar-refractivity contribution >= 4 is 11.9 Å². The molecule has 0 aliphatic carbocycles. The molecule has 1 saturated heterocycles. The minimum Gasteiger partial charge on any atom is -0.376 e. The molecule has 1 aliphatic heterocycles. The molecule has 18 heavy (non-hydrogen) atoms. The highest BCUT2D eigenvalue weighted by Gasteiger charge is 2.17. The van der Waals surface area contributed by atoms with Gasteiger partial charge in [0.1, 0.15) is 0 Å². The Hall–Kier alpha value is -1.73. The molecule has 3 N–H and O–H groups in total. The monoisotopic (exact) mass is 252 g/mol. The Morgan fingerprint density at radius 3 is 3.11 bits per heavy atom. The summed E-state index contributed by atoms with van der Waals surface area (Å²) in [5.74, 6) is -0.0743. The van der Waals surface area contributed by atoms with E-state index in [1.54, 1.807) is 6.92 Å². The van der Waals surface area contributed by atoms with E-state index in [9.17, 15) is 4.79 Å². The van der Waals surface area contributed by atoms with E-state index in [4.69, 9.17) is 15.2 Å². The molecule has 7 nitrogen and oxygen atoms in total. The van der Waals surface area contributed by atoms with E-state index in [-0.39, 0.29) is 18.0 Å². The fourth-order valence-electron chi connectivity index (χ4n) is 1.66. The van der Waals surface area contributed by atoms with E-state index in [1.165, 1.54) is 6.20 Å². The number of nitrogens with one attached hydrogen (secondary N) is 1. The van der Waals surface area contributed by atoms with Crippen LogP contribution in [-0.4, -0.2) is 48.3 Å².